The molecule has 2 aromatic rings. The van der Waals surface area contributed by atoms with Crippen molar-refractivity contribution < 1.29 is 19.1 Å². The molecular weight excluding hydrogens is 366 g/mol. The molecule has 142 valence electrons. The number of halogens is 1. The first-order chi connectivity index (χ1) is 12.8. The lowest BCUT2D eigenvalue weighted by Crippen LogP contribution is -2.07. The first-order valence-electron chi connectivity index (χ1n) is 8.44. The van der Waals surface area contributed by atoms with Gasteiger partial charge in [-0.2, -0.15) is 0 Å². The fourth-order valence-corrected chi connectivity index (χ4v) is 2.67. The van der Waals surface area contributed by atoms with E-state index in [1.54, 1.807) is 42.5 Å². The summed E-state index contributed by atoms with van der Waals surface area (Å²) in [6, 6.07) is 10.2. The van der Waals surface area contributed by atoms with E-state index < -0.39 is 0 Å². The Balaban J connectivity index is 2.23. The summed E-state index contributed by atoms with van der Waals surface area (Å²) < 4.78 is 11.0. The van der Waals surface area contributed by atoms with Gasteiger partial charge in [-0.1, -0.05) is 29.8 Å². The molecule has 0 atom stereocenters. The Hall–Kier alpha value is -2.79. The van der Waals surface area contributed by atoms with Crippen molar-refractivity contribution >= 4 is 35.1 Å². The standard InChI is InChI=1S/C21H22ClNO4/c1-13(2)27-21-18(22)10-15(11-20(21)26-4)8-9-19(25)16-6-5-7-17(12-16)23-14(3)24/h5-13H,1-4H3,(H,23,24)/b9-8+. The van der Waals surface area contributed by atoms with Crippen molar-refractivity contribution in [3.8, 4) is 11.5 Å². The quantitative estimate of drug-likeness (QED) is 0.537. The zero-order chi connectivity index (χ0) is 20.0. The predicted molar refractivity (Wildman–Crippen MR) is 108 cm³/mol. The fourth-order valence-electron chi connectivity index (χ4n) is 2.41. The topological polar surface area (TPSA) is 64.6 Å². The molecule has 1 N–H and O–H groups in total. The molecular formula is C21H22ClNO4. The molecule has 5 nitrogen and oxygen atoms in total. The number of anilines is 1. The summed E-state index contributed by atoms with van der Waals surface area (Å²) >= 11 is 6.29. The third-order valence-corrected chi connectivity index (χ3v) is 3.78. The third-order valence-electron chi connectivity index (χ3n) is 3.50. The van der Waals surface area contributed by atoms with Crippen LogP contribution in [0.15, 0.2) is 42.5 Å². The van der Waals surface area contributed by atoms with Crippen molar-refractivity contribution in [3.05, 3.63) is 58.6 Å². The molecule has 0 heterocycles. The van der Waals surface area contributed by atoms with Crippen LogP contribution in [0.2, 0.25) is 5.02 Å². The summed E-state index contributed by atoms with van der Waals surface area (Å²) in [4.78, 5) is 23.6. The van der Waals surface area contributed by atoms with Crippen LogP contribution in [0.3, 0.4) is 0 Å². The minimum Gasteiger partial charge on any atom is -0.493 e. The second kappa shape index (κ2) is 9.24. The van der Waals surface area contributed by atoms with Crippen molar-refractivity contribution in [2.45, 2.75) is 26.9 Å². The Morgan fingerprint density at radius 1 is 1.19 bits per heavy atom. The summed E-state index contributed by atoms with van der Waals surface area (Å²) in [5.41, 5.74) is 1.75. The van der Waals surface area contributed by atoms with Gasteiger partial charge in [-0.15, -0.1) is 0 Å². The number of allylic oxidation sites excluding steroid dienone is 1. The van der Waals surface area contributed by atoms with Gasteiger partial charge in [0, 0.05) is 18.2 Å². The average molecular weight is 388 g/mol. The van der Waals surface area contributed by atoms with Crippen LogP contribution in [0.1, 0.15) is 36.7 Å². The van der Waals surface area contributed by atoms with Crippen LogP contribution >= 0.6 is 11.6 Å². The highest BCUT2D eigenvalue weighted by atomic mass is 35.5. The average Bonchev–Trinajstić information content (AvgIpc) is 2.60. The maximum Gasteiger partial charge on any atom is 0.221 e. The normalized spacial score (nSPS) is 10.9. The second-order valence-electron chi connectivity index (χ2n) is 6.16. The molecule has 0 aliphatic rings. The Labute approximate surface area is 163 Å². The molecule has 0 unspecified atom stereocenters. The second-order valence-corrected chi connectivity index (χ2v) is 6.57. The molecule has 0 radical (unpaired) electrons. The number of hydrogen-bond acceptors (Lipinski definition) is 4. The number of nitrogens with one attached hydrogen (secondary N) is 1. The molecule has 0 saturated carbocycles. The summed E-state index contributed by atoms with van der Waals surface area (Å²) in [7, 11) is 1.53. The van der Waals surface area contributed by atoms with Crippen LogP contribution in [-0.2, 0) is 4.79 Å². The van der Waals surface area contributed by atoms with Gasteiger partial charge in [0.15, 0.2) is 17.3 Å². The lowest BCUT2D eigenvalue weighted by molar-refractivity contribution is -0.114. The Kier molecular flexibility index (Phi) is 7.02. The molecule has 6 heteroatoms. The lowest BCUT2D eigenvalue weighted by atomic mass is 10.1. The number of ketones is 1. The molecule has 2 rings (SSSR count). The summed E-state index contributed by atoms with van der Waals surface area (Å²) in [6.07, 6.45) is 3.05. The number of benzene rings is 2. The molecule has 2 aromatic carbocycles. The number of amides is 1. The highest BCUT2D eigenvalue weighted by Crippen LogP contribution is 2.37. The number of carbonyl (C=O) groups is 2. The van der Waals surface area contributed by atoms with Crippen molar-refractivity contribution in [1.29, 1.82) is 0 Å². The van der Waals surface area contributed by atoms with E-state index in [2.05, 4.69) is 5.32 Å². The van der Waals surface area contributed by atoms with E-state index in [1.807, 2.05) is 13.8 Å². The molecule has 1 amide bonds. The van der Waals surface area contributed by atoms with Crippen LogP contribution in [0.5, 0.6) is 11.5 Å². The Morgan fingerprint density at radius 2 is 1.93 bits per heavy atom. The zero-order valence-corrected chi connectivity index (χ0v) is 16.5. The van der Waals surface area contributed by atoms with Gasteiger partial charge in [0.1, 0.15) is 0 Å². The fraction of sp³-hybridized carbons (Fsp3) is 0.238. The summed E-state index contributed by atoms with van der Waals surface area (Å²) in [5, 5.41) is 3.06. The van der Waals surface area contributed by atoms with Gasteiger partial charge in [-0.25, -0.2) is 0 Å². The van der Waals surface area contributed by atoms with Crippen LogP contribution in [0.25, 0.3) is 6.08 Å². The number of carbonyl (C=O) groups excluding carboxylic acids is 2. The van der Waals surface area contributed by atoms with Crippen molar-refractivity contribution in [3.63, 3.8) is 0 Å². The van der Waals surface area contributed by atoms with Gasteiger partial charge in [0.25, 0.3) is 0 Å². The third kappa shape index (κ3) is 5.86. The Bertz CT molecular complexity index is 874. The van der Waals surface area contributed by atoms with Gasteiger partial charge in [0.05, 0.1) is 18.2 Å². The molecule has 0 aliphatic heterocycles. The number of hydrogen-bond donors (Lipinski definition) is 1. The van der Waals surface area contributed by atoms with E-state index >= 15 is 0 Å². The van der Waals surface area contributed by atoms with Crippen LogP contribution in [0.4, 0.5) is 5.69 Å². The van der Waals surface area contributed by atoms with Crippen molar-refractivity contribution in [2.75, 3.05) is 12.4 Å². The predicted octanol–water partition coefficient (Wildman–Crippen LogP) is 4.99. The van der Waals surface area contributed by atoms with E-state index in [-0.39, 0.29) is 17.8 Å². The lowest BCUT2D eigenvalue weighted by Gasteiger charge is -2.15. The molecule has 0 aliphatic carbocycles. The van der Waals surface area contributed by atoms with E-state index in [0.717, 1.165) is 0 Å². The summed E-state index contributed by atoms with van der Waals surface area (Å²) in [6.45, 7) is 5.22. The van der Waals surface area contributed by atoms with Crippen LogP contribution in [-0.4, -0.2) is 24.9 Å². The van der Waals surface area contributed by atoms with E-state index in [4.69, 9.17) is 21.1 Å². The molecule has 0 spiro atoms. The highest BCUT2D eigenvalue weighted by Gasteiger charge is 2.13. The molecule has 0 bridgehead atoms. The zero-order valence-electron chi connectivity index (χ0n) is 15.7. The number of rotatable bonds is 7. The van der Waals surface area contributed by atoms with E-state index in [0.29, 0.717) is 33.3 Å². The van der Waals surface area contributed by atoms with Gasteiger partial charge in [-0.3, -0.25) is 9.59 Å². The maximum atomic E-state index is 12.4. The van der Waals surface area contributed by atoms with E-state index in [9.17, 15) is 9.59 Å². The van der Waals surface area contributed by atoms with E-state index in [1.165, 1.54) is 20.1 Å². The van der Waals surface area contributed by atoms with Gasteiger partial charge >= 0.3 is 0 Å². The number of methoxy groups -OCH3 is 1. The van der Waals surface area contributed by atoms with Gasteiger partial charge in [0.2, 0.25) is 5.91 Å². The molecule has 0 saturated heterocycles. The first-order valence-corrected chi connectivity index (χ1v) is 8.82. The molecule has 0 fully saturated rings. The van der Waals surface area contributed by atoms with Crippen LogP contribution < -0.4 is 14.8 Å². The minimum atomic E-state index is -0.195. The van der Waals surface area contributed by atoms with Crippen molar-refractivity contribution in [1.82, 2.24) is 0 Å². The van der Waals surface area contributed by atoms with Crippen molar-refractivity contribution in [2.24, 2.45) is 0 Å². The first kappa shape index (κ1) is 20.5. The smallest absolute Gasteiger partial charge is 0.221 e. The molecule has 27 heavy (non-hydrogen) atoms. The largest absolute Gasteiger partial charge is 0.493 e. The minimum absolute atomic E-state index is 0.0461. The summed E-state index contributed by atoms with van der Waals surface area (Å²) in [5.74, 6) is 0.581. The monoisotopic (exact) mass is 387 g/mol. The molecule has 0 aromatic heterocycles. The van der Waals surface area contributed by atoms with Crippen LogP contribution in [0, 0.1) is 0 Å². The Morgan fingerprint density at radius 3 is 2.56 bits per heavy atom. The highest BCUT2D eigenvalue weighted by molar-refractivity contribution is 6.32. The maximum absolute atomic E-state index is 12.4. The van der Waals surface area contributed by atoms with Gasteiger partial charge in [-0.05, 0) is 49.8 Å². The van der Waals surface area contributed by atoms with Gasteiger partial charge < -0.3 is 14.8 Å². The number of ether oxygens (including phenoxy) is 2. The SMILES string of the molecule is COc1cc(/C=C/C(=O)c2cccc(NC(C)=O)c2)cc(Cl)c1OC(C)C.